The van der Waals surface area contributed by atoms with Crippen LogP contribution in [-0.2, 0) is 22.6 Å². The number of nitrogens with one attached hydrogen (secondary N) is 1. The summed E-state index contributed by atoms with van der Waals surface area (Å²) in [6.07, 6.45) is 0.0190. The van der Waals surface area contributed by atoms with Gasteiger partial charge in [0.25, 0.3) is 5.91 Å². The zero-order chi connectivity index (χ0) is 26.5. The van der Waals surface area contributed by atoms with Crippen molar-refractivity contribution in [3.63, 3.8) is 0 Å². The monoisotopic (exact) mass is 514 g/mol. The van der Waals surface area contributed by atoms with Gasteiger partial charge in [-0.25, -0.2) is 8.78 Å². The molecule has 0 saturated carbocycles. The third-order valence-corrected chi connectivity index (χ3v) is 6.15. The van der Waals surface area contributed by atoms with E-state index in [2.05, 4.69) is 5.32 Å². The number of carbonyl (C=O) groups is 2. The van der Waals surface area contributed by atoms with E-state index in [4.69, 9.17) is 9.47 Å². The van der Waals surface area contributed by atoms with E-state index in [-0.39, 0.29) is 25.7 Å². The van der Waals surface area contributed by atoms with E-state index >= 15 is 0 Å². The van der Waals surface area contributed by atoms with Gasteiger partial charge in [-0.3, -0.25) is 9.59 Å². The average Bonchev–Trinajstić information content (AvgIpc) is 3.38. The van der Waals surface area contributed by atoms with Crippen molar-refractivity contribution in [3.05, 3.63) is 125 Å². The number of halogens is 2. The van der Waals surface area contributed by atoms with Crippen LogP contribution in [0.25, 0.3) is 0 Å². The molecule has 2 amide bonds. The Kier molecular flexibility index (Phi) is 7.31. The topological polar surface area (TPSA) is 67.9 Å². The summed E-state index contributed by atoms with van der Waals surface area (Å²) < 4.78 is 38.7. The predicted octanol–water partition coefficient (Wildman–Crippen LogP) is 5.64. The third-order valence-electron chi connectivity index (χ3n) is 6.15. The zero-order valence-electron chi connectivity index (χ0n) is 20.3. The molecule has 4 aromatic rings. The van der Waals surface area contributed by atoms with Crippen molar-refractivity contribution in [1.82, 2.24) is 4.90 Å². The lowest BCUT2D eigenvalue weighted by atomic mass is 10.0. The SMILES string of the molecule is O=C(Nc1ccc2c(c1)OCO2)C(c1cccc(F)c1)N(Cc1ccc(F)cc1)C(=O)Cc1ccccc1. The molecule has 5 rings (SSSR count). The van der Waals surface area contributed by atoms with Gasteiger partial charge in [-0.1, -0.05) is 54.6 Å². The van der Waals surface area contributed by atoms with E-state index in [9.17, 15) is 18.4 Å². The Labute approximate surface area is 218 Å². The summed E-state index contributed by atoms with van der Waals surface area (Å²) in [4.78, 5) is 28.9. The maximum atomic E-state index is 14.3. The van der Waals surface area contributed by atoms with E-state index in [1.807, 2.05) is 30.3 Å². The van der Waals surface area contributed by atoms with Crippen LogP contribution < -0.4 is 14.8 Å². The largest absolute Gasteiger partial charge is 0.454 e. The molecule has 0 bridgehead atoms. The Morgan fingerprint density at radius 2 is 1.55 bits per heavy atom. The Hall–Kier alpha value is -4.72. The first-order chi connectivity index (χ1) is 18.5. The Bertz CT molecular complexity index is 1440. The fraction of sp³-hybridized carbons (Fsp3) is 0.133. The molecule has 192 valence electrons. The van der Waals surface area contributed by atoms with Crippen LogP contribution >= 0.6 is 0 Å². The fourth-order valence-corrected chi connectivity index (χ4v) is 4.32. The summed E-state index contributed by atoms with van der Waals surface area (Å²) in [5.41, 5.74) is 2.10. The van der Waals surface area contributed by atoms with Crippen LogP contribution in [0.5, 0.6) is 11.5 Å². The number of benzene rings is 4. The molecule has 1 aliphatic heterocycles. The highest BCUT2D eigenvalue weighted by molar-refractivity contribution is 5.98. The lowest BCUT2D eigenvalue weighted by Gasteiger charge is -2.32. The quantitative estimate of drug-likeness (QED) is 0.330. The molecular formula is C30H24F2N2O4. The number of ether oxygens (including phenoxy) is 2. The van der Waals surface area contributed by atoms with E-state index in [0.717, 1.165) is 5.56 Å². The molecule has 0 aromatic heterocycles. The van der Waals surface area contributed by atoms with Crippen LogP contribution in [0.15, 0.2) is 97.1 Å². The zero-order valence-corrected chi connectivity index (χ0v) is 20.3. The van der Waals surface area contributed by atoms with Gasteiger partial charge in [0.15, 0.2) is 11.5 Å². The van der Waals surface area contributed by atoms with Crippen molar-refractivity contribution in [2.45, 2.75) is 19.0 Å². The standard InChI is InChI=1S/C30H24F2N2O4/c31-23-11-9-21(10-12-23)18-34(28(35)15-20-5-2-1-3-6-20)29(22-7-4-8-24(32)16-22)30(36)33-25-13-14-26-27(17-25)38-19-37-26/h1-14,16-17,29H,15,18-19H2,(H,33,36). The van der Waals surface area contributed by atoms with Gasteiger partial charge in [0, 0.05) is 18.3 Å². The van der Waals surface area contributed by atoms with Crippen LogP contribution in [0.1, 0.15) is 22.7 Å². The Morgan fingerprint density at radius 3 is 2.32 bits per heavy atom. The van der Waals surface area contributed by atoms with Crippen LogP contribution in [0.3, 0.4) is 0 Å². The second-order valence-electron chi connectivity index (χ2n) is 8.83. The first-order valence-electron chi connectivity index (χ1n) is 12.0. The van der Waals surface area contributed by atoms with Crippen molar-refractivity contribution in [3.8, 4) is 11.5 Å². The Morgan fingerprint density at radius 1 is 0.789 bits per heavy atom. The summed E-state index contributed by atoms with van der Waals surface area (Å²) >= 11 is 0. The minimum Gasteiger partial charge on any atom is -0.454 e. The molecule has 1 N–H and O–H groups in total. The second-order valence-corrected chi connectivity index (χ2v) is 8.83. The molecule has 1 atom stereocenters. The van der Waals surface area contributed by atoms with Crippen LogP contribution in [0.4, 0.5) is 14.5 Å². The van der Waals surface area contributed by atoms with E-state index < -0.39 is 23.6 Å². The summed E-state index contributed by atoms with van der Waals surface area (Å²) in [7, 11) is 0. The lowest BCUT2D eigenvalue weighted by Crippen LogP contribution is -2.41. The summed E-state index contributed by atoms with van der Waals surface area (Å²) in [5.74, 6) is -0.818. The molecular weight excluding hydrogens is 490 g/mol. The maximum absolute atomic E-state index is 14.3. The molecule has 1 unspecified atom stereocenters. The number of carbonyl (C=O) groups excluding carboxylic acids is 2. The molecule has 0 spiro atoms. The molecule has 6 nitrogen and oxygen atoms in total. The van der Waals surface area contributed by atoms with Gasteiger partial charge in [0.1, 0.15) is 17.7 Å². The van der Waals surface area contributed by atoms with Crippen LogP contribution in [0.2, 0.25) is 0 Å². The van der Waals surface area contributed by atoms with Crippen molar-refractivity contribution >= 4 is 17.5 Å². The second kappa shape index (κ2) is 11.1. The molecule has 0 aliphatic carbocycles. The molecule has 8 heteroatoms. The first-order valence-corrected chi connectivity index (χ1v) is 12.0. The molecule has 1 aliphatic rings. The van der Waals surface area contributed by atoms with E-state index in [1.165, 1.54) is 35.2 Å². The van der Waals surface area contributed by atoms with Gasteiger partial charge in [0.2, 0.25) is 12.7 Å². The van der Waals surface area contributed by atoms with Gasteiger partial charge < -0.3 is 19.7 Å². The third kappa shape index (κ3) is 5.81. The number of nitrogens with zero attached hydrogens (tertiary/aromatic N) is 1. The smallest absolute Gasteiger partial charge is 0.251 e. The predicted molar refractivity (Wildman–Crippen MR) is 137 cm³/mol. The van der Waals surface area contributed by atoms with Crippen molar-refractivity contribution < 1.29 is 27.8 Å². The molecule has 1 heterocycles. The van der Waals surface area contributed by atoms with Crippen LogP contribution in [0, 0.1) is 11.6 Å². The van der Waals surface area contributed by atoms with E-state index in [0.29, 0.717) is 28.3 Å². The van der Waals surface area contributed by atoms with Gasteiger partial charge >= 0.3 is 0 Å². The molecule has 38 heavy (non-hydrogen) atoms. The number of rotatable bonds is 8. The number of anilines is 1. The maximum Gasteiger partial charge on any atom is 0.251 e. The van der Waals surface area contributed by atoms with Gasteiger partial charge in [-0.2, -0.15) is 0 Å². The summed E-state index contributed by atoms with van der Waals surface area (Å²) in [5, 5.41) is 2.83. The van der Waals surface area contributed by atoms with Gasteiger partial charge in [-0.15, -0.1) is 0 Å². The minimum atomic E-state index is -1.18. The molecule has 0 radical (unpaired) electrons. The lowest BCUT2D eigenvalue weighted by molar-refractivity contribution is -0.139. The van der Waals surface area contributed by atoms with Gasteiger partial charge in [0.05, 0.1) is 6.42 Å². The summed E-state index contributed by atoms with van der Waals surface area (Å²) in [6.45, 7) is 0.0831. The van der Waals surface area contributed by atoms with Crippen molar-refractivity contribution in [2.24, 2.45) is 0 Å². The number of hydrogen-bond acceptors (Lipinski definition) is 4. The van der Waals surface area contributed by atoms with E-state index in [1.54, 1.807) is 36.4 Å². The number of amides is 2. The van der Waals surface area contributed by atoms with Crippen molar-refractivity contribution in [1.29, 1.82) is 0 Å². The van der Waals surface area contributed by atoms with Crippen LogP contribution in [-0.4, -0.2) is 23.5 Å². The number of hydrogen-bond donors (Lipinski definition) is 1. The molecule has 0 fully saturated rings. The minimum absolute atomic E-state index is 0.00167. The average molecular weight is 515 g/mol. The fourth-order valence-electron chi connectivity index (χ4n) is 4.32. The summed E-state index contributed by atoms with van der Waals surface area (Å²) in [6, 6.07) is 24.2. The highest BCUT2D eigenvalue weighted by Crippen LogP contribution is 2.35. The highest BCUT2D eigenvalue weighted by atomic mass is 19.1. The normalized spacial score (nSPS) is 12.6. The van der Waals surface area contributed by atoms with Gasteiger partial charge in [-0.05, 0) is 53.1 Å². The first kappa shape index (κ1) is 25.0. The molecule has 4 aromatic carbocycles. The molecule has 0 saturated heterocycles. The number of fused-ring (bicyclic) bond motifs is 1. The van der Waals surface area contributed by atoms with Crippen molar-refractivity contribution in [2.75, 3.05) is 12.1 Å². The highest BCUT2D eigenvalue weighted by Gasteiger charge is 2.32. The Balaban J connectivity index is 1.52.